The second-order valence-electron chi connectivity index (χ2n) is 3.20. The van der Waals surface area contributed by atoms with Gasteiger partial charge < -0.3 is 4.90 Å². The number of Topliss-reactive ketones (excluding diaryl/α,β-unsaturated/α-hetero) is 1. The van der Waals surface area contributed by atoms with E-state index in [2.05, 4.69) is 11.9 Å². The lowest BCUT2D eigenvalue weighted by molar-refractivity contribution is -0.122. The number of likely N-dealkylation sites (tertiary alicyclic amines) is 1. The maximum atomic E-state index is 11.0. The summed E-state index contributed by atoms with van der Waals surface area (Å²) in [5.74, 6) is 0.901. The molecule has 10 heavy (non-hydrogen) atoms. The topological polar surface area (TPSA) is 20.3 Å². The van der Waals surface area contributed by atoms with Crippen LogP contribution in [-0.4, -0.2) is 30.3 Å². The van der Waals surface area contributed by atoms with Gasteiger partial charge in [0.25, 0.3) is 0 Å². The molecule has 2 nitrogen and oxygen atoms in total. The van der Waals surface area contributed by atoms with Crippen LogP contribution in [0.1, 0.15) is 12.8 Å². The van der Waals surface area contributed by atoms with Crippen molar-refractivity contribution in [3.8, 4) is 0 Å². The first-order valence-electron chi connectivity index (χ1n) is 3.50. The molecular formula is C7H12ClNO. The number of fused-ring (bicyclic) bond motifs is 2. The first kappa shape index (κ1) is 8.02. The fourth-order valence-electron chi connectivity index (χ4n) is 1.95. The molecule has 3 heteroatoms. The van der Waals surface area contributed by atoms with Crippen molar-refractivity contribution in [1.82, 2.24) is 4.90 Å². The summed E-state index contributed by atoms with van der Waals surface area (Å²) in [6.07, 6.45) is 1.95. The van der Waals surface area contributed by atoms with E-state index in [0.717, 1.165) is 19.4 Å². The molecule has 0 aromatic rings. The fourth-order valence-corrected chi connectivity index (χ4v) is 1.95. The Labute approximate surface area is 67.0 Å². The van der Waals surface area contributed by atoms with E-state index in [0.29, 0.717) is 17.7 Å². The molecule has 0 unspecified atom stereocenters. The average molecular weight is 162 g/mol. The summed E-state index contributed by atoms with van der Waals surface area (Å²) in [7, 11) is 2.11. The van der Waals surface area contributed by atoms with Crippen molar-refractivity contribution in [2.75, 3.05) is 13.6 Å². The molecule has 2 bridgehead atoms. The molecule has 1 saturated heterocycles. The number of hydrogen-bond donors (Lipinski definition) is 0. The Morgan fingerprint density at radius 3 is 2.60 bits per heavy atom. The SMILES string of the molecule is CN1C[C@@H]2C[C@H]1CC2=O.Cl. The minimum Gasteiger partial charge on any atom is -0.302 e. The van der Waals surface area contributed by atoms with Crippen molar-refractivity contribution in [2.45, 2.75) is 18.9 Å². The molecule has 2 atom stereocenters. The third kappa shape index (κ3) is 0.956. The number of nitrogens with zero attached hydrogens (tertiary/aromatic N) is 1. The van der Waals surface area contributed by atoms with Crippen LogP contribution in [0.3, 0.4) is 0 Å². The molecule has 2 aliphatic rings. The van der Waals surface area contributed by atoms with Crippen LogP contribution in [0.5, 0.6) is 0 Å². The molecule has 0 radical (unpaired) electrons. The van der Waals surface area contributed by atoms with Crippen molar-refractivity contribution < 1.29 is 4.79 Å². The van der Waals surface area contributed by atoms with Crippen molar-refractivity contribution in [1.29, 1.82) is 0 Å². The molecular weight excluding hydrogens is 150 g/mol. The van der Waals surface area contributed by atoms with Gasteiger partial charge in [0.05, 0.1) is 0 Å². The van der Waals surface area contributed by atoms with E-state index >= 15 is 0 Å². The van der Waals surface area contributed by atoms with Crippen LogP contribution in [0, 0.1) is 5.92 Å². The average Bonchev–Trinajstić information content (AvgIpc) is 2.24. The second kappa shape index (κ2) is 2.51. The molecule has 1 saturated carbocycles. The first-order valence-corrected chi connectivity index (χ1v) is 3.50. The van der Waals surface area contributed by atoms with E-state index in [1.807, 2.05) is 0 Å². The highest BCUT2D eigenvalue weighted by atomic mass is 35.5. The van der Waals surface area contributed by atoms with Crippen molar-refractivity contribution in [3.05, 3.63) is 0 Å². The number of ketones is 1. The zero-order chi connectivity index (χ0) is 6.43. The van der Waals surface area contributed by atoms with Crippen LogP contribution >= 0.6 is 12.4 Å². The van der Waals surface area contributed by atoms with E-state index in [-0.39, 0.29) is 12.4 Å². The van der Waals surface area contributed by atoms with E-state index in [4.69, 9.17) is 0 Å². The van der Waals surface area contributed by atoms with E-state index in [9.17, 15) is 4.79 Å². The summed E-state index contributed by atoms with van der Waals surface area (Å²) in [4.78, 5) is 13.3. The number of hydrogen-bond acceptors (Lipinski definition) is 2. The highest BCUT2D eigenvalue weighted by Gasteiger charge is 2.41. The van der Waals surface area contributed by atoms with Crippen LogP contribution in [0.25, 0.3) is 0 Å². The summed E-state index contributed by atoms with van der Waals surface area (Å²) in [5.41, 5.74) is 0. The molecule has 0 spiro atoms. The molecule has 1 aliphatic heterocycles. The highest BCUT2D eigenvalue weighted by molar-refractivity contribution is 5.85. The Morgan fingerprint density at radius 2 is 2.30 bits per heavy atom. The zero-order valence-corrected chi connectivity index (χ0v) is 6.86. The van der Waals surface area contributed by atoms with Crippen LogP contribution < -0.4 is 0 Å². The van der Waals surface area contributed by atoms with Gasteiger partial charge in [-0.3, -0.25) is 4.79 Å². The predicted octanol–water partition coefficient (Wildman–Crippen LogP) is 0.701. The Balaban J connectivity index is 0.000000500. The molecule has 0 amide bonds. The summed E-state index contributed by atoms with van der Waals surface area (Å²) < 4.78 is 0. The molecule has 58 valence electrons. The summed E-state index contributed by atoms with van der Waals surface area (Å²) >= 11 is 0. The lowest BCUT2D eigenvalue weighted by Gasteiger charge is -2.20. The number of rotatable bonds is 0. The van der Waals surface area contributed by atoms with Gasteiger partial charge in [0, 0.05) is 24.9 Å². The fraction of sp³-hybridized carbons (Fsp3) is 0.857. The van der Waals surface area contributed by atoms with Gasteiger partial charge in [0.1, 0.15) is 5.78 Å². The van der Waals surface area contributed by atoms with Gasteiger partial charge >= 0.3 is 0 Å². The second-order valence-corrected chi connectivity index (χ2v) is 3.20. The van der Waals surface area contributed by atoms with Gasteiger partial charge in [-0.25, -0.2) is 0 Å². The van der Waals surface area contributed by atoms with Crippen molar-refractivity contribution >= 4 is 18.2 Å². The minimum atomic E-state index is 0. The van der Waals surface area contributed by atoms with Crippen LogP contribution in [0.15, 0.2) is 0 Å². The Bertz CT molecular complexity index is 158. The predicted molar refractivity (Wildman–Crippen MR) is 41.4 cm³/mol. The van der Waals surface area contributed by atoms with Crippen LogP contribution in [-0.2, 0) is 4.79 Å². The molecule has 1 aliphatic carbocycles. The molecule has 0 aromatic carbocycles. The van der Waals surface area contributed by atoms with Crippen LogP contribution in [0.4, 0.5) is 0 Å². The Kier molecular flexibility index (Phi) is 2.02. The molecule has 2 fully saturated rings. The lowest BCUT2D eigenvalue weighted by atomic mass is 10.1. The normalized spacial score (nSPS) is 38.3. The van der Waals surface area contributed by atoms with E-state index in [1.165, 1.54) is 0 Å². The zero-order valence-electron chi connectivity index (χ0n) is 6.04. The first-order chi connectivity index (χ1) is 4.27. The van der Waals surface area contributed by atoms with Crippen molar-refractivity contribution in [3.63, 3.8) is 0 Å². The third-order valence-electron chi connectivity index (χ3n) is 2.58. The Hall–Kier alpha value is -0.0800. The van der Waals surface area contributed by atoms with Crippen molar-refractivity contribution in [2.24, 2.45) is 5.92 Å². The van der Waals surface area contributed by atoms with E-state index < -0.39 is 0 Å². The molecule has 2 rings (SSSR count). The van der Waals surface area contributed by atoms with Gasteiger partial charge in [-0.2, -0.15) is 0 Å². The summed E-state index contributed by atoms with van der Waals surface area (Å²) in [6.45, 7) is 1.02. The molecule has 0 aromatic heterocycles. The Morgan fingerprint density at radius 1 is 1.60 bits per heavy atom. The quantitative estimate of drug-likeness (QED) is 0.522. The molecule has 0 N–H and O–H groups in total. The maximum Gasteiger partial charge on any atom is 0.138 e. The number of piperidine rings is 1. The third-order valence-corrected chi connectivity index (χ3v) is 2.58. The maximum absolute atomic E-state index is 11.0. The summed E-state index contributed by atoms with van der Waals surface area (Å²) in [6, 6.07) is 0.600. The smallest absolute Gasteiger partial charge is 0.138 e. The highest BCUT2D eigenvalue weighted by Crippen LogP contribution is 2.33. The van der Waals surface area contributed by atoms with Gasteiger partial charge in [-0.05, 0) is 13.5 Å². The number of carbonyl (C=O) groups excluding carboxylic acids is 1. The number of carbonyl (C=O) groups is 1. The largest absolute Gasteiger partial charge is 0.302 e. The minimum absolute atomic E-state index is 0. The molecule has 1 heterocycles. The van der Waals surface area contributed by atoms with E-state index in [1.54, 1.807) is 0 Å². The van der Waals surface area contributed by atoms with Gasteiger partial charge in [-0.15, -0.1) is 12.4 Å². The standard InChI is InChI=1S/C7H11NO.ClH/c1-8-4-5-2-6(8)3-7(5)9;/h5-6H,2-4H2,1H3;1H/t5-,6-;/m0./s1. The summed E-state index contributed by atoms with van der Waals surface area (Å²) in [5, 5.41) is 0. The van der Waals surface area contributed by atoms with Gasteiger partial charge in [0.15, 0.2) is 0 Å². The van der Waals surface area contributed by atoms with Gasteiger partial charge in [-0.1, -0.05) is 0 Å². The lowest BCUT2D eigenvalue weighted by Crippen LogP contribution is -2.31. The van der Waals surface area contributed by atoms with Gasteiger partial charge in [0.2, 0.25) is 0 Å². The monoisotopic (exact) mass is 161 g/mol. The number of halogens is 1. The van der Waals surface area contributed by atoms with Crippen LogP contribution in [0.2, 0.25) is 0 Å².